The van der Waals surface area contributed by atoms with Gasteiger partial charge in [0.15, 0.2) is 4.96 Å². The average molecular weight is 425 g/mol. The van der Waals surface area contributed by atoms with E-state index in [1.807, 2.05) is 24.4 Å². The molecule has 0 fully saturated rings. The maximum atomic E-state index is 12.6. The molecule has 2 aromatic heterocycles. The molecule has 3 rings (SSSR count). The number of nitrogens with zero attached hydrogens (tertiary/aromatic N) is 2. The van der Waals surface area contributed by atoms with Gasteiger partial charge in [0.05, 0.1) is 11.3 Å². The number of benzene rings is 1. The van der Waals surface area contributed by atoms with Crippen LogP contribution in [0.3, 0.4) is 0 Å². The van der Waals surface area contributed by atoms with Gasteiger partial charge >= 0.3 is 0 Å². The highest BCUT2D eigenvalue weighted by Crippen LogP contribution is 2.17. The van der Waals surface area contributed by atoms with Crippen molar-refractivity contribution in [2.75, 3.05) is 5.32 Å². The molecule has 2 heterocycles. The topological polar surface area (TPSA) is 63.5 Å². The van der Waals surface area contributed by atoms with Crippen molar-refractivity contribution in [2.24, 2.45) is 0 Å². The van der Waals surface area contributed by atoms with Crippen molar-refractivity contribution in [2.45, 2.75) is 13.8 Å². The van der Waals surface area contributed by atoms with Crippen molar-refractivity contribution < 1.29 is 4.79 Å². The molecule has 1 N–H and O–H groups in total. The Kier molecular flexibility index (Phi) is 4.00. The highest BCUT2D eigenvalue weighted by molar-refractivity contribution is 14.1. The van der Waals surface area contributed by atoms with E-state index in [-0.39, 0.29) is 17.2 Å². The van der Waals surface area contributed by atoms with Gasteiger partial charge in [0.2, 0.25) is 0 Å². The SMILES string of the molecule is Cc1nc2scc(C)n2c(=O)c1NC(=O)c1ccccc1I. The van der Waals surface area contributed by atoms with Gasteiger partial charge in [-0.1, -0.05) is 12.1 Å². The molecule has 0 aliphatic rings. The monoisotopic (exact) mass is 425 g/mol. The van der Waals surface area contributed by atoms with Crippen LogP contribution in [0.15, 0.2) is 34.4 Å². The fourth-order valence-corrected chi connectivity index (χ4v) is 3.69. The molecule has 22 heavy (non-hydrogen) atoms. The number of aryl methyl sites for hydroxylation is 2. The second-order valence-electron chi connectivity index (χ2n) is 4.81. The zero-order valence-electron chi connectivity index (χ0n) is 11.9. The number of fused-ring (bicyclic) bond motifs is 1. The highest BCUT2D eigenvalue weighted by Gasteiger charge is 2.16. The van der Waals surface area contributed by atoms with Crippen LogP contribution in [0.5, 0.6) is 0 Å². The quantitative estimate of drug-likeness (QED) is 0.642. The number of anilines is 1. The molecule has 1 aromatic carbocycles. The summed E-state index contributed by atoms with van der Waals surface area (Å²) in [6.07, 6.45) is 0. The Labute approximate surface area is 144 Å². The Bertz CT molecular complexity index is 946. The molecular formula is C15H12IN3O2S. The maximum Gasteiger partial charge on any atom is 0.282 e. The molecule has 0 saturated heterocycles. The summed E-state index contributed by atoms with van der Waals surface area (Å²) in [5.74, 6) is -0.306. The standard InChI is InChI=1S/C15H12IN3O2S/c1-8-7-22-15-17-9(2)12(14(21)19(8)15)18-13(20)10-5-3-4-6-11(10)16/h3-7H,1-2H3,(H,18,20). The highest BCUT2D eigenvalue weighted by atomic mass is 127. The Morgan fingerprint density at radius 3 is 2.77 bits per heavy atom. The molecule has 0 aliphatic carbocycles. The number of amides is 1. The van der Waals surface area contributed by atoms with Crippen molar-refractivity contribution in [3.63, 3.8) is 0 Å². The largest absolute Gasteiger partial charge is 0.316 e. The number of carbonyl (C=O) groups is 1. The van der Waals surface area contributed by atoms with Crippen LogP contribution < -0.4 is 10.9 Å². The van der Waals surface area contributed by atoms with Gasteiger partial charge in [-0.05, 0) is 48.6 Å². The second-order valence-corrected chi connectivity index (χ2v) is 6.81. The molecular weight excluding hydrogens is 413 g/mol. The van der Waals surface area contributed by atoms with Gasteiger partial charge in [0.1, 0.15) is 5.69 Å². The van der Waals surface area contributed by atoms with Crippen molar-refractivity contribution in [1.82, 2.24) is 9.38 Å². The number of rotatable bonds is 2. The lowest BCUT2D eigenvalue weighted by Gasteiger charge is -2.09. The summed E-state index contributed by atoms with van der Waals surface area (Å²) in [5.41, 5.74) is 1.84. The zero-order valence-corrected chi connectivity index (χ0v) is 14.9. The molecule has 112 valence electrons. The number of nitrogens with one attached hydrogen (secondary N) is 1. The summed E-state index contributed by atoms with van der Waals surface area (Å²) in [6.45, 7) is 3.57. The summed E-state index contributed by atoms with van der Waals surface area (Å²) >= 11 is 3.50. The lowest BCUT2D eigenvalue weighted by atomic mass is 10.2. The predicted octanol–water partition coefficient (Wildman–Crippen LogP) is 3.23. The maximum absolute atomic E-state index is 12.6. The van der Waals surface area contributed by atoms with E-state index in [2.05, 4.69) is 32.9 Å². The molecule has 3 aromatic rings. The van der Waals surface area contributed by atoms with Gasteiger partial charge in [0, 0.05) is 14.6 Å². The van der Waals surface area contributed by atoms with Gasteiger partial charge in [-0.2, -0.15) is 0 Å². The lowest BCUT2D eigenvalue weighted by Crippen LogP contribution is -2.25. The van der Waals surface area contributed by atoms with Crippen LogP contribution in [0.4, 0.5) is 5.69 Å². The van der Waals surface area contributed by atoms with E-state index in [0.717, 1.165) is 9.26 Å². The van der Waals surface area contributed by atoms with Crippen molar-refractivity contribution in [3.8, 4) is 0 Å². The Morgan fingerprint density at radius 2 is 2.05 bits per heavy atom. The smallest absolute Gasteiger partial charge is 0.282 e. The molecule has 0 atom stereocenters. The van der Waals surface area contributed by atoms with Gasteiger partial charge in [-0.15, -0.1) is 11.3 Å². The van der Waals surface area contributed by atoms with Gasteiger partial charge in [-0.25, -0.2) is 4.98 Å². The van der Waals surface area contributed by atoms with Gasteiger partial charge in [0.25, 0.3) is 11.5 Å². The van der Waals surface area contributed by atoms with E-state index in [0.29, 0.717) is 16.2 Å². The minimum Gasteiger partial charge on any atom is -0.316 e. The Morgan fingerprint density at radius 1 is 1.32 bits per heavy atom. The number of aromatic nitrogens is 2. The summed E-state index contributed by atoms with van der Waals surface area (Å²) < 4.78 is 2.35. The molecule has 0 saturated carbocycles. The van der Waals surface area contributed by atoms with E-state index >= 15 is 0 Å². The number of hydrogen-bond donors (Lipinski definition) is 1. The fourth-order valence-electron chi connectivity index (χ4n) is 2.15. The van der Waals surface area contributed by atoms with E-state index in [1.165, 1.54) is 15.7 Å². The predicted molar refractivity (Wildman–Crippen MR) is 95.9 cm³/mol. The molecule has 0 unspecified atom stereocenters. The first-order valence-corrected chi connectivity index (χ1v) is 8.48. The molecule has 0 spiro atoms. The Hall–Kier alpha value is -1.74. The van der Waals surface area contributed by atoms with Crippen LogP contribution in [0.2, 0.25) is 0 Å². The number of halogens is 1. The number of carbonyl (C=O) groups excluding carboxylic acids is 1. The molecule has 1 amide bonds. The summed E-state index contributed by atoms with van der Waals surface area (Å²) in [4.78, 5) is 30.0. The second kappa shape index (κ2) is 5.81. The normalized spacial score (nSPS) is 10.9. The third-order valence-corrected chi connectivity index (χ3v) is 5.16. The van der Waals surface area contributed by atoms with Gasteiger partial charge in [-0.3, -0.25) is 14.0 Å². The first-order chi connectivity index (χ1) is 10.5. The molecule has 7 heteroatoms. The average Bonchev–Trinajstić information content (AvgIpc) is 2.84. The van der Waals surface area contributed by atoms with Crippen LogP contribution in [-0.2, 0) is 0 Å². The summed E-state index contributed by atoms with van der Waals surface area (Å²) in [6, 6.07) is 7.23. The van der Waals surface area contributed by atoms with Crippen LogP contribution >= 0.6 is 33.9 Å². The number of hydrogen-bond acceptors (Lipinski definition) is 4. The van der Waals surface area contributed by atoms with Crippen LogP contribution in [0.1, 0.15) is 21.7 Å². The molecule has 5 nitrogen and oxygen atoms in total. The zero-order chi connectivity index (χ0) is 15.9. The summed E-state index contributed by atoms with van der Waals surface area (Å²) in [7, 11) is 0. The minimum absolute atomic E-state index is 0.226. The van der Waals surface area contributed by atoms with Crippen LogP contribution in [0.25, 0.3) is 4.96 Å². The van der Waals surface area contributed by atoms with E-state index in [4.69, 9.17) is 0 Å². The summed E-state index contributed by atoms with van der Waals surface area (Å²) in [5, 5.41) is 4.58. The van der Waals surface area contributed by atoms with Crippen molar-refractivity contribution in [3.05, 3.63) is 60.5 Å². The van der Waals surface area contributed by atoms with Crippen LogP contribution in [0, 0.1) is 17.4 Å². The molecule has 0 radical (unpaired) electrons. The fraction of sp³-hybridized carbons (Fsp3) is 0.133. The van der Waals surface area contributed by atoms with Crippen molar-refractivity contribution in [1.29, 1.82) is 0 Å². The number of thiazole rings is 1. The third kappa shape index (κ3) is 2.54. The molecule has 0 bridgehead atoms. The Balaban J connectivity index is 2.08. The van der Waals surface area contributed by atoms with E-state index in [1.54, 1.807) is 19.1 Å². The van der Waals surface area contributed by atoms with E-state index < -0.39 is 0 Å². The lowest BCUT2D eigenvalue weighted by molar-refractivity contribution is 0.102. The van der Waals surface area contributed by atoms with Crippen molar-refractivity contribution >= 4 is 50.5 Å². The first kappa shape index (κ1) is 15.2. The van der Waals surface area contributed by atoms with E-state index in [9.17, 15) is 9.59 Å². The first-order valence-electron chi connectivity index (χ1n) is 6.52. The minimum atomic E-state index is -0.306. The van der Waals surface area contributed by atoms with Crippen LogP contribution in [-0.4, -0.2) is 15.3 Å². The molecule has 0 aliphatic heterocycles. The third-order valence-electron chi connectivity index (χ3n) is 3.28. The van der Waals surface area contributed by atoms with Gasteiger partial charge < -0.3 is 5.32 Å².